The first-order valence-electron chi connectivity index (χ1n) is 35.8. The molecule has 614 valence electrons. The van der Waals surface area contributed by atoms with E-state index in [2.05, 4.69) is 49.4 Å². The molecule has 12 rings (SSSR count). The number of carbonyl (C=O) groups is 5. The average molecular weight is 1580 g/mol. The molecule has 4 heterocycles. The van der Waals surface area contributed by atoms with Gasteiger partial charge in [0, 0.05) is 13.8 Å². The molecule has 0 saturated heterocycles. The number of methoxy groups -OCH3 is 1. The van der Waals surface area contributed by atoms with Gasteiger partial charge in [0.05, 0.1) is 109 Å². The van der Waals surface area contributed by atoms with Crippen molar-refractivity contribution < 1.29 is 56.2 Å². The van der Waals surface area contributed by atoms with Crippen molar-refractivity contribution in [3.05, 3.63) is 337 Å². The first-order valence-corrected chi connectivity index (χ1v) is 35.8. The summed E-state index contributed by atoms with van der Waals surface area (Å²) in [5, 5.41) is 7.79. The zero-order valence-electron chi connectivity index (χ0n) is 66.0. The van der Waals surface area contributed by atoms with E-state index in [0.29, 0.717) is 52.7 Å². The Morgan fingerprint density at radius 3 is 0.491 bits per heavy atom. The number of aliphatic hydroxyl groups excluding tert-OH is 1. The number of ether oxygens (including phenoxy) is 2. The highest BCUT2D eigenvalue weighted by molar-refractivity contribution is 5.86. The predicted molar refractivity (Wildman–Crippen MR) is 487 cm³/mol. The van der Waals surface area contributed by atoms with Crippen LogP contribution >= 0.6 is 0 Å². The van der Waals surface area contributed by atoms with Crippen LogP contribution in [0.1, 0.15) is 159 Å². The fourth-order valence-electron chi connectivity index (χ4n) is 7.45. The highest BCUT2D eigenvalue weighted by atomic mass is 16.5. The summed E-state index contributed by atoms with van der Waals surface area (Å²) in [5.41, 5.74) is 7.17. The molecule has 116 heavy (non-hydrogen) atoms. The van der Waals surface area contributed by atoms with Crippen LogP contribution in [0.2, 0.25) is 0 Å². The quantitative estimate of drug-likeness (QED) is 0.0620. The summed E-state index contributed by atoms with van der Waals surface area (Å²) in [6.07, 6.45) is 13.6. The van der Waals surface area contributed by atoms with Crippen molar-refractivity contribution in [2.24, 2.45) is 39.9 Å². The molecule has 20 heteroatoms. The number of ketones is 2. The third kappa shape index (κ3) is 55.5. The zero-order valence-corrected chi connectivity index (χ0v) is 66.0. The molecule has 0 aliphatic heterocycles. The molecule has 0 atom stereocenters. The number of carbonyl (C=O) groups excluding carboxylic acids is 5. The highest BCUT2D eigenvalue weighted by Gasteiger charge is 2.02. The lowest BCUT2D eigenvalue weighted by molar-refractivity contribution is -0.140. The molecule has 1 N–H and O–H groups in total. The molecule has 20 nitrogen and oxygen atoms in total. The van der Waals surface area contributed by atoms with E-state index in [0.717, 1.165) is 45.5 Å². The van der Waals surface area contributed by atoms with E-state index in [4.69, 9.17) is 27.6 Å². The first-order chi connectivity index (χ1) is 54.6. The lowest BCUT2D eigenvalue weighted by atomic mass is 10.3. The third-order valence-electron chi connectivity index (χ3n) is 12.2. The predicted octanol–water partition coefficient (Wildman–Crippen LogP) is 25.5. The molecule has 0 saturated carbocycles. The first kappa shape index (κ1) is 108. The number of hydrogen-bond donors (Lipinski definition) is 1. The van der Waals surface area contributed by atoms with Gasteiger partial charge >= 0.3 is 11.9 Å². The molecule has 0 radical (unpaired) electrons. The largest absolute Gasteiger partial charge is 0.469 e. The van der Waals surface area contributed by atoms with E-state index >= 15 is 0 Å². The molecule has 4 aromatic heterocycles. The molecule has 12 aromatic rings. The standard InChI is InChI=1S/4C18H14N2O.C4H8O2.2C3H6O2.C3H6O.3C2H6.CH2O.4CH4/c4*1-3-7-15(8-4-1)19-13-17-11-12-18(21-17)14-20-16-9-5-2-6-10-16;1-3-6-4(2)5;1-3(4)5-2;1-3(5)2-4;1-3(2)4;4*1-2;;;;/h4*1-14H;3H2,1-2H3;1-2H3;4H,2H2,1H3;1-2H3;3*1-2H3;1H2;4*1H4. The maximum Gasteiger partial charge on any atom is 0.302 e. The zero-order chi connectivity index (χ0) is 82.5. The number of Topliss-reactive ketones (excluding diaryl/α,β-unsaturated/α-hetero) is 2. The van der Waals surface area contributed by atoms with Crippen molar-refractivity contribution in [2.75, 3.05) is 20.3 Å². The maximum absolute atomic E-state index is 9.82. The van der Waals surface area contributed by atoms with Crippen LogP contribution in [-0.2, 0) is 33.4 Å². The van der Waals surface area contributed by atoms with Crippen molar-refractivity contribution in [1.82, 2.24) is 0 Å². The fourth-order valence-corrected chi connectivity index (χ4v) is 7.45. The van der Waals surface area contributed by atoms with E-state index in [1.807, 2.05) is 340 Å². The average Bonchev–Trinajstić information content (AvgIpc) is 1.78. The van der Waals surface area contributed by atoms with Crippen LogP contribution in [0.25, 0.3) is 0 Å². The van der Waals surface area contributed by atoms with Gasteiger partial charge in [-0.05, 0) is 173 Å². The summed E-state index contributed by atoms with van der Waals surface area (Å²) >= 11 is 0. The van der Waals surface area contributed by atoms with Crippen molar-refractivity contribution >= 4 is 126 Å². The van der Waals surface area contributed by atoms with E-state index in [-0.39, 0.29) is 59.8 Å². The summed E-state index contributed by atoms with van der Waals surface area (Å²) in [6, 6.07) is 93.0. The molecular formula is C96H118N8O12. The van der Waals surface area contributed by atoms with E-state index in [1.54, 1.807) is 56.6 Å². The third-order valence-corrected chi connectivity index (χ3v) is 12.2. The van der Waals surface area contributed by atoms with Crippen molar-refractivity contribution in [3.8, 4) is 0 Å². The number of aliphatic imine (C=N–C) groups is 8. The van der Waals surface area contributed by atoms with Crippen LogP contribution in [0, 0.1) is 0 Å². The SMILES string of the molecule is C.C.C.C.C(=Nc1ccccc1)c1ccc(C=Nc2ccccc2)o1.C(=Nc1ccccc1)c1ccc(C=Nc2ccccc2)o1.C(=Nc1ccccc1)c1ccc(C=Nc2ccccc2)o1.C(=Nc1ccccc1)c1ccc(C=Nc2ccccc2)o1.C=O.CC.CC.CC.CC(=O)CO.CC(C)=O.CCOC(C)=O.COC(C)=O. The Balaban J connectivity index is -0.000000643. The molecule has 0 unspecified atom stereocenters. The molecule has 0 spiro atoms. The second kappa shape index (κ2) is 72.7. The van der Waals surface area contributed by atoms with Gasteiger partial charge < -0.3 is 41.8 Å². The Labute approximate surface area is 688 Å². The van der Waals surface area contributed by atoms with Gasteiger partial charge in [-0.15, -0.1) is 0 Å². The monoisotopic (exact) mass is 1570 g/mol. The summed E-state index contributed by atoms with van der Waals surface area (Å²) in [4.78, 5) is 81.2. The number of aliphatic hydroxyl groups is 1. The Morgan fingerprint density at radius 1 is 0.293 bits per heavy atom. The van der Waals surface area contributed by atoms with Crippen molar-refractivity contribution in [1.29, 1.82) is 0 Å². The Bertz CT molecular complexity index is 3810. The van der Waals surface area contributed by atoms with Gasteiger partial charge in [0.2, 0.25) is 0 Å². The number of rotatable bonds is 18. The second-order valence-electron chi connectivity index (χ2n) is 21.1. The summed E-state index contributed by atoms with van der Waals surface area (Å²) in [6.45, 7) is 23.1. The van der Waals surface area contributed by atoms with Crippen LogP contribution in [0.15, 0.2) is 349 Å². The van der Waals surface area contributed by atoms with Crippen LogP contribution < -0.4 is 0 Å². The number of para-hydroxylation sites is 8. The Hall–Kier alpha value is -13.9. The molecular weight excluding hydrogens is 1460 g/mol. The topological polar surface area (TPSA) is 275 Å². The lowest BCUT2D eigenvalue weighted by Crippen LogP contribution is -1.95. The molecule has 0 bridgehead atoms. The summed E-state index contributed by atoms with van der Waals surface area (Å²) in [7, 11) is 1.35. The van der Waals surface area contributed by atoms with Gasteiger partial charge in [-0.2, -0.15) is 0 Å². The Kier molecular flexibility index (Phi) is 68.0. The molecule has 0 amide bonds. The number of furan rings is 4. The van der Waals surface area contributed by atoms with Gasteiger partial charge in [0.25, 0.3) is 0 Å². The smallest absolute Gasteiger partial charge is 0.302 e. The fraction of sp³-hybridized carbons (Fsp3) is 0.198. The van der Waals surface area contributed by atoms with Gasteiger partial charge in [0.15, 0.2) is 5.78 Å². The number of hydrogen-bond acceptors (Lipinski definition) is 20. The van der Waals surface area contributed by atoms with Crippen molar-refractivity contribution in [2.45, 2.75) is 113 Å². The molecule has 8 aromatic carbocycles. The van der Waals surface area contributed by atoms with Crippen LogP contribution in [-0.4, -0.2) is 105 Å². The number of esters is 2. The van der Waals surface area contributed by atoms with E-state index in [9.17, 15) is 19.2 Å². The minimum absolute atomic E-state index is 0. The molecule has 0 fully saturated rings. The van der Waals surface area contributed by atoms with Crippen molar-refractivity contribution in [3.63, 3.8) is 0 Å². The van der Waals surface area contributed by atoms with Gasteiger partial charge in [-0.25, -0.2) is 0 Å². The number of benzene rings is 8. The van der Waals surface area contributed by atoms with Crippen LogP contribution in [0.3, 0.4) is 0 Å². The molecule has 0 aliphatic rings. The van der Waals surface area contributed by atoms with Gasteiger partial charge in [-0.3, -0.25) is 54.3 Å². The second-order valence-corrected chi connectivity index (χ2v) is 21.1. The highest BCUT2D eigenvalue weighted by Crippen LogP contribution is 2.18. The van der Waals surface area contributed by atoms with Gasteiger partial charge in [-0.1, -0.05) is 217 Å². The summed E-state index contributed by atoms with van der Waals surface area (Å²) < 4.78 is 31.0. The maximum atomic E-state index is 9.82. The number of nitrogens with zero attached hydrogens (tertiary/aromatic N) is 8. The van der Waals surface area contributed by atoms with Crippen LogP contribution in [0.4, 0.5) is 45.5 Å². The van der Waals surface area contributed by atoms with E-state index in [1.165, 1.54) is 41.7 Å². The lowest BCUT2D eigenvalue weighted by Gasteiger charge is -1.91. The minimum atomic E-state index is -0.333. The minimum Gasteiger partial charge on any atom is -0.469 e. The van der Waals surface area contributed by atoms with E-state index < -0.39 is 0 Å². The Morgan fingerprint density at radius 2 is 0.414 bits per heavy atom. The molecule has 0 aliphatic carbocycles. The normalized spacial score (nSPS) is 9.71. The van der Waals surface area contributed by atoms with Gasteiger partial charge in [0.1, 0.15) is 65.3 Å². The summed E-state index contributed by atoms with van der Waals surface area (Å²) in [5.74, 6) is 5.14. The van der Waals surface area contributed by atoms with Crippen LogP contribution in [0.5, 0.6) is 0 Å².